The van der Waals surface area contributed by atoms with Crippen molar-refractivity contribution in [1.29, 1.82) is 0 Å². The molecule has 0 radical (unpaired) electrons. The Kier molecular flexibility index (Phi) is 8.06. The maximum atomic E-state index is 15.0. The standard InChI is InChI=1S/C20H23ClF2N4O8P2/c1-10(11-4-2-3-5-13(11)22)24-17-12-6-7-27(18(12)26-20(21)25-17)19-15(23)16(28)14(35-19)8-34-37(32,33)9-36(29,30)31/h2-7,10,14-16,19,28H,8-9H2,1H3,(H,32,33)(H,24,25,26)(H2,29,30,31)/t10?,14-,15+,16-,19-/m1/s1. The highest BCUT2D eigenvalue weighted by molar-refractivity contribution is 7.70. The molecule has 202 valence electrons. The second-order valence-electron chi connectivity index (χ2n) is 8.43. The van der Waals surface area contributed by atoms with Crippen molar-refractivity contribution in [3.8, 4) is 0 Å². The van der Waals surface area contributed by atoms with Gasteiger partial charge in [-0.25, -0.2) is 13.8 Å². The van der Waals surface area contributed by atoms with E-state index in [-0.39, 0.29) is 16.7 Å². The van der Waals surface area contributed by atoms with Crippen molar-refractivity contribution in [1.82, 2.24) is 14.5 Å². The summed E-state index contributed by atoms with van der Waals surface area (Å²) in [5.41, 5.74) is 0.498. The lowest BCUT2D eigenvalue weighted by atomic mass is 10.1. The van der Waals surface area contributed by atoms with Gasteiger partial charge in [0.05, 0.1) is 18.0 Å². The van der Waals surface area contributed by atoms with Crippen molar-refractivity contribution in [2.75, 3.05) is 17.8 Å². The van der Waals surface area contributed by atoms with E-state index in [4.69, 9.17) is 26.1 Å². The van der Waals surface area contributed by atoms with Gasteiger partial charge in [-0.2, -0.15) is 4.98 Å². The summed E-state index contributed by atoms with van der Waals surface area (Å²) in [4.78, 5) is 35.7. The first-order valence-electron chi connectivity index (χ1n) is 10.8. The van der Waals surface area contributed by atoms with E-state index in [9.17, 15) is 23.5 Å². The van der Waals surface area contributed by atoms with Crippen LogP contribution in [0.1, 0.15) is 24.8 Å². The fraction of sp³-hybridized carbons (Fsp3) is 0.400. The SMILES string of the molecule is CC(Nc1nc(Cl)nc2c1ccn2[C@@H]1O[C@H](COP(=O)(O)CP(=O)(O)O)[C@@H](O)[C@@H]1F)c1ccccc1F. The minimum absolute atomic E-state index is 0.124. The molecule has 12 nitrogen and oxygen atoms in total. The molecule has 0 saturated carbocycles. The molecular formula is C20H23ClF2N4O8P2. The Morgan fingerprint density at radius 3 is 2.62 bits per heavy atom. The van der Waals surface area contributed by atoms with Crippen molar-refractivity contribution >= 4 is 43.6 Å². The molecule has 0 spiro atoms. The van der Waals surface area contributed by atoms with Crippen LogP contribution in [0.15, 0.2) is 36.5 Å². The van der Waals surface area contributed by atoms with E-state index in [1.165, 1.54) is 22.9 Å². The number of halogens is 3. The minimum Gasteiger partial charge on any atom is -0.387 e. The van der Waals surface area contributed by atoms with Crippen LogP contribution in [0.5, 0.6) is 0 Å². The Labute approximate surface area is 213 Å². The Hall–Kier alpha value is -1.99. The number of ether oxygens (including phenoxy) is 1. The van der Waals surface area contributed by atoms with Crippen LogP contribution >= 0.6 is 26.8 Å². The molecule has 37 heavy (non-hydrogen) atoms. The van der Waals surface area contributed by atoms with Gasteiger partial charge in [0.15, 0.2) is 18.3 Å². The van der Waals surface area contributed by atoms with E-state index in [0.717, 1.165) is 0 Å². The van der Waals surface area contributed by atoms with E-state index in [1.54, 1.807) is 25.1 Å². The van der Waals surface area contributed by atoms with Crippen LogP contribution in [0, 0.1) is 5.82 Å². The third kappa shape index (κ3) is 6.36. The number of aliphatic hydroxyl groups excluding tert-OH is 1. The van der Waals surface area contributed by atoms with E-state index < -0.39 is 64.2 Å². The molecule has 0 amide bonds. The second-order valence-corrected chi connectivity index (χ2v) is 12.8. The monoisotopic (exact) mass is 582 g/mol. The summed E-state index contributed by atoms with van der Waals surface area (Å²) >= 11 is 6.09. The first-order chi connectivity index (χ1) is 17.3. The number of rotatable bonds is 9. The Balaban J connectivity index is 1.56. The first kappa shape index (κ1) is 28.0. The highest BCUT2D eigenvalue weighted by Crippen LogP contribution is 2.55. The zero-order valence-corrected chi connectivity index (χ0v) is 21.6. The maximum absolute atomic E-state index is 15.0. The van der Waals surface area contributed by atoms with Crippen molar-refractivity contribution in [2.45, 2.75) is 37.6 Å². The summed E-state index contributed by atoms with van der Waals surface area (Å²) in [6, 6.07) is 7.18. The summed E-state index contributed by atoms with van der Waals surface area (Å²) in [5.74, 6) is -1.63. The molecule has 6 atom stereocenters. The molecule has 1 aliphatic heterocycles. The number of nitrogens with zero attached hydrogens (tertiary/aromatic N) is 3. The normalized spacial score (nSPS) is 24.8. The summed E-state index contributed by atoms with van der Waals surface area (Å²) in [6.07, 6.45) is -5.32. The number of aromatic nitrogens is 3. The van der Waals surface area contributed by atoms with Gasteiger partial charge < -0.3 is 38.9 Å². The highest BCUT2D eigenvalue weighted by Gasteiger charge is 2.47. The van der Waals surface area contributed by atoms with Gasteiger partial charge in [-0.15, -0.1) is 0 Å². The first-order valence-corrected chi connectivity index (χ1v) is 14.7. The molecule has 3 heterocycles. The van der Waals surface area contributed by atoms with Crippen LogP contribution in [-0.4, -0.2) is 65.2 Å². The van der Waals surface area contributed by atoms with Gasteiger partial charge in [0.2, 0.25) is 5.28 Å². The van der Waals surface area contributed by atoms with Crippen LogP contribution in [0.3, 0.4) is 0 Å². The third-order valence-corrected chi connectivity index (χ3v) is 9.27. The second kappa shape index (κ2) is 10.6. The van der Waals surface area contributed by atoms with Crippen LogP contribution in [-0.2, 0) is 18.4 Å². The lowest BCUT2D eigenvalue weighted by Crippen LogP contribution is -2.31. The van der Waals surface area contributed by atoms with E-state index in [2.05, 4.69) is 19.8 Å². The van der Waals surface area contributed by atoms with Crippen LogP contribution in [0.2, 0.25) is 5.28 Å². The highest BCUT2D eigenvalue weighted by atomic mass is 35.5. The van der Waals surface area contributed by atoms with E-state index in [0.29, 0.717) is 10.9 Å². The number of nitrogens with one attached hydrogen (secondary N) is 1. The smallest absolute Gasteiger partial charge is 0.340 e. The van der Waals surface area contributed by atoms with Crippen LogP contribution in [0.4, 0.5) is 14.6 Å². The van der Waals surface area contributed by atoms with Gasteiger partial charge in [-0.1, -0.05) is 18.2 Å². The molecule has 2 unspecified atom stereocenters. The average Bonchev–Trinajstić information content (AvgIpc) is 3.32. The topological polar surface area (TPSA) is 176 Å². The van der Waals surface area contributed by atoms with E-state index in [1.807, 2.05) is 0 Å². The lowest BCUT2D eigenvalue weighted by molar-refractivity contribution is -0.0423. The van der Waals surface area contributed by atoms with Gasteiger partial charge in [-0.3, -0.25) is 9.13 Å². The third-order valence-electron chi connectivity index (χ3n) is 5.64. The Morgan fingerprint density at radius 2 is 1.95 bits per heavy atom. The number of anilines is 1. The zero-order chi connectivity index (χ0) is 27.1. The van der Waals surface area contributed by atoms with Gasteiger partial charge in [-0.05, 0) is 30.7 Å². The number of benzene rings is 1. The average molecular weight is 583 g/mol. The molecular weight excluding hydrogens is 560 g/mol. The predicted octanol–water partition coefficient (Wildman–Crippen LogP) is 3.33. The number of fused-ring (bicyclic) bond motifs is 1. The molecule has 5 N–H and O–H groups in total. The van der Waals surface area contributed by atoms with Crippen molar-refractivity contribution in [2.24, 2.45) is 0 Å². The Morgan fingerprint density at radius 1 is 1.24 bits per heavy atom. The summed E-state index contributed by atoms with van der Waals surface area (Å²) in [5, 5.41) is 13.5. The molecule has 0 bridgehead atoms. The molecule has 4 rings (SSSR count). The molecule has 1 fully saturated rings. The summed E-state index contributed by atoms with van der Waals surface area (Å²) < 4.78 is 63.6. The molecule has 2 aromatic heterocycles. The fourth-order valence-electron chi connectivity index (χ4n) is 3.96. The van der Waals surface area contributed by atoms with Crippen molar-refractivity contribution in [3.63, 3.8) is 0 Å². The summed E-state index contributed by atoms with van der Waals surface area (Å²) in [6.45, 7) is 0.899. The molecule has 3 aromatic rings. The maximum Gasteiger partial charge on any atom is 0.340 e. The minimum atomic E-state index is -4.87. The van der Waals surface area contributed by atoms with Gasteiger partial charge in [0, 0.05) is 11.8 Å². The van der Waals surface area contributed by atoms with Gasteiger partial charge >= 0.3 is 15.2 Å². The largest absolute Gasteiger partial charge is 0.387 e. The zero-order valence-electron chi connectivity index (χ0n) is 19.1. The van der Waals surface area contributed by atoms with Crippen molar-refractivity contribution in [3.05, 3.63) is 53.2 Å². The molecule has 1 aromatic carbocycles. The predicted molar refractivity (Wildman–Crippen MR) is 128 cm³/mol. The van der Waals surface area contributed by atoms with Gasteiger partial charge in [0.1, 0.15) is 29.5 Å². The molecule has 0 aliphatic carbocycles. The van der Waals surface area contributed by atoms with Crippen LogP contribution in [0.25, 0.3) is 11.0 Å². The quantitative estimate of drug-likeness (QED) is 0.185. The number of alkyl halides is 1. The molecule has 1 aliphatic rings. The lowest BCUT2D eigenvalue weighted by Gasteiger charge is -2.19. The summed E-state index contributed by atoms with van der Waals surface area (Å²) in [7, 11) is -9.61. The molecule has 17 heteroatoms. The number of hydrogen-bond donors (Lipinski definition) is 5. The van der Waals surface area contributed by atoms with Gasteiger partial charge in [0.25, 0.3) is 0 Å². The van der Waals surface area contributed by atoms with Crippen molar-refractivity contribution < 1.29 is 47.0 Å². The van der Waals surface area contributed by atoms with Crippen LogP contribution < -0.4 is 5.32 Å². The number of aliphatic hydroxyl groups is 1. The molecule has 1 saturated heterocycles. The Bertz CT molecular complexity index is 1390. The number of hydrogen-bond acceptors (Lipinski definition) is 8. The fourth-order valence-corrected chi connectivity index (χ4v) is 6.69. The van der Waals surface area contributed by atoms with E-state index >= 15 is 4.39 Å².